The van der Waals surface area contributed by atoms with Gasteiger partial charge in [0, 0.05) is 74.7 Å². The molecule has 0 spiro atoms. The molecule has 10 heteroatoms. The predicted molar refractivity (Wildman–Crippen MR) is 102 cm³/mol. The average Bonchev–Trinajstić information content (AvgIpc) is 3.26. The molecule has 9 nitrogen and oxygen atoms in total. The molecular formula is C17H25N7O2S. The molecule has 2 aliphatic rings. The van der Waals surface area contributed by atoms with E-state index in [1.54, 1.807) is 12.5 Å². The van der Waals surface area contributed by atoms with Crippen molar-refractivity contribution >= 4 is 15.8 Å². The Morgan fingerprint density at radius 1 is 1.11 bits per heavy atom. The molecule has 2 aromatic rings. The summed E-state index contributed by atoms with van der Waals surface area (Å²) in [4.78, 5) is 20.4. The van der Waals surface area contributed by atoms with Crippen molar-refractivity contribution in [3.05, 3.63) is 36.2 Å². The Labute approximate surface area is 159 Å². The first-order valence-corrected chi connectivity index (χ1v) is 11.1. The molecule has 2 N–H and O–H groups in total. The lowest BCUT2D eigenvalue weighted by Gasteiger charge is -2.43. The summed E-state index contributed by atoms with van der Waals surface area (Å²) >= 11 is 0. The van der Waals surface area contributed by atoms with Gasteiger partial charge in [-0.3, -0.25) is 9.80 Å². The van der Waals surface area contributed by atoms with Crippen LogP contribution >= 0.6 is 0 Å². The van der Waals surface area contributed by atoms with E-state index in [2.05, 4.69) is 35.1 Å². The van der Waals surface area contributed by atoms with Gasteiger partial charge in [-0.2, -0.15) is 0 Å². The number of nitrogens with zero attached hydrogens (tertiary/aromatic N) is 5. The van der Waals surface area contributed by atoms with E-state index in [0.717, 1.165) is 30.9 Å². The zero-order valence-electron chi connectivity index (χ0n) is 15.4. The Bertz CT molecular complexity index is 854. The first-order chi connectivity index (χ1) is 13.0. The van der Waals surface area contributed by atoms with Gasteiger partial charge in [-0.1, -0.05) is 0 Å². The lowest BCUT2D eigenvalue weighted by Crippen LogP contribution is -2.58. The molecule has 2 atom stereocenters. The maximum Gasteiger partial charge on any atom is 0.222 e. The molecule has 0 aliphatic carbocycles. The van der Waals surface area contributed by atoms with Gasteiger partial charge in [-0.05, 0) is 6.92 Å². The number of imidazole rings is 1. The molecular weight excluding hydrogens is 366 g/mol. The Kier molecular flexibility index (Phi) is 5.11. The van der Waals surface area contributed by atoms with Crippen molar-refractivity contribution in [1.82, 2.24) is 29.7 Å². The largest absolute Gasteiger partial charge is 0.355 e. The topological polar surface area (TPSA) is 107 Å². The molecule has 0 saturated carbocycles. The van der Waals surface area contributed by atoms with Gasteiger partial charge in [-0.15, -0.1) is 0 Å². The fourth-order valence-electron chi connectivity index (χ4n) is 4.00. The summed E-state index contributed by atoms with van der Waals surface area (Å²) in [6.07, 6.45) is 7.10. The van der Waals surface area contributed by atoms with E-state index in [-0.39, 0.29) is 23.6 Å². The number of rotatable bonds is 6. The van der Waals surface area contributed by atoms with Crippen molar-refractivity contribution in [1.29, 1.82) is 0 Å². The number of fused-ring (bicyclic) bond motifs is 1. The molecule has 0 aromatic carbocycles. The van der Waals surface area contributed by atoms with Crippen LogP contribution in [0.2, 0.25) is 0 Å². The van der Waals surface area contributed by atoms with Crippen molar-refractivity contribution in [2.45, 2.75) is 32.1 Å². The summed E-state index contributed by atoms with van der Waals surface area (Å²) in [6.45, 7) is 5.79. The molecule has 27 heavy (non-hydrogen) atoms. The van der Waals surface area contributed by atoms with Crippen molar-refractivity contribution in [2.75, 3.05) is 36.5 Å². The minimum absolute atomic E-state index is 0.000106. The second-order valence-electron chi connectivity index (χ2n) is 7.17. The fourth-order valence-corrected chi connectivity index (χ4v) is 6.04. The number of sulfone groups is 1. The summed E-state index contributed by atoms with van der Waals surface area (Å²) in [5.74, 6) is 1.05. The highest BCUT2D eigenvalue weighted by Crippen LogP contribution is 2.29. The predicted octanol–water partition coefficient (Wildman–Crippen LogP) is 0.115. The molecule has 2 fully saturated rings. The molecule has 4 heterocycles. The highest BCUT2D eigenvalue weighted by molar-refractivity contribution is 7.91. The first kappa shape index (κ1) is 18.3. The Balaban J connectivity index is 1.48. The molecule has 2 aliphatic heterocycles. The first-order valence-electron chi connectivity index (χ1n) is 9.24. The fraction of sp³-hybridized carbons (Fsp3) is 0.588. The third-order valence-corrected chi connectivity index (χ3v) is 6.96. The number of hydrogen-bond acceptors (Lipinski definition) is 8. The van der Waals surface area contributed by atoms with E-state index in [1.807, 2.05) is 19.3 Å². The summed E-state index contributed by atoms with van der Waals surface area (Å²) in [5, 5.41) is 3.08. The number of nitrogens with one attached hydrogen (secondary N) is 2. The van der Waals surface area contributed by atoms with E-state index in [0.29, 0.717) is 19.0 Å². The van der Waals surface area contributed by atoms with E-state index < -0.39 is 9.84 Å². The summed E-state index contributed by atoms with van der Waals surface area (Å²) in [5.41, 5.74) is 2.01. The number of aromatic nitrogens is 4. The van der Waals surface area contributed by atoms with Gasteiger partial charge in [0.25, 0.3) is 0 Å². The van der Waals surface area contributed by atoms with E-state index in [9.17, 15) is 8.42 Å². The van der Waals surface area contributed by atoms with Crippen molar-refractivity contribution in [3.63, 3.8) is 0 Å². The van der Waals surface area contributed by atoms with Crippen LogP contribution in [0.5, 0.6) is 0 Å². The molecule has 0 unspecified atom stereocenters. The molecule has 146 valence electrons. The van der Waals surface area contributed by atoms with Crippen LogP contribution in [0.1, 0.15) is 18.2 Å². The van der Waals surface area contributed by atoms with Gasteiger partial charge in [0.05, 0.1) is 17.8 Å². The molecule has 0 bridgehead atoms. The van der Waals surface area contributed by atoms with Crippen molar-refractivity contribution in [3.8, 4) is 0 Å². The number of H-pyrrole nitrogens is 1. The van der Waals surface area contributed by atoms with Crippen LogP contribution in [0.25, 0.3) is 0 Å². The van der Waals surface area contributed by atoms with Gasteiger partial charge < -0.3 is 10.3 Å². The lowest BCUT2D eigenvalue weighted by atomic mass is 10.0. The smallest absolute Gasteiger partial charge is 0.222 e. The quantitative estimate of drug-likeness (QED) is 0.715. The number of aromatic amines is 1. The van der Waals surface area contributed by atoms with Gasteiger partial charge in [-0.25, -0.2) is 23.4 Å². The van der Waals surface area contributed by atoms with Crippen LogP contribution in [0.15, 0.2) is 24.9 Å². The zero-order valence-corrected chi connectivity index (χ0v) is 16.2. The van der Waals surface area contributed by atoms with Gasteiger partial charge in [0.15, 0.2) is 9.84 Å². The van der Waals surface area contributed by atoms with Crippen LogP contribution in [-0.4, -0.2) is 81.4 Å². The summed E-state index contributed by atoms with van der Waals surface area (Å²) in [7, 11) is -3.03. The standard InChI is InChI=1S/C17H25N7O2S/c1-2-19-17-20-5-13(6-21-17)8-23-3-4-24(9-14-7-18-12-22-14)16-11-27(25,26)10-15(16)23/h5-7,12,15-16H,2-4,8-11H2,1H3,(H,18,22)(H,19,20,21)/t15-,16+/m0/s1. The monoisotopic (exact) mass is 391 g/mol. The van der Waals surface area contributed by atoms with E-state index in [1.165, 1.54) is 0 Å². The van der Waals surface area contributed by atoms with Crippen LogP contribution in [0, 0.1) is 0 Å². The normalized spacial score (nSPS) is 25.4. The van der Waals surface area contributed by atoms with Crippen molar-refractivity contribution in [2.24, 2.45) is 0 Å². The van der Waals surface area contributed by atoms with Gasteiger partial charge in [0.1, 0.15) is 0 Å². The highest BCUT2D eigenvalue weighted by atomic mass is 32.2. The molecule has 2 aromatic heterocycles. The summed E-state index contributed by atoms with van der Waals surface area (Å²) in [6, 6.07) is 0.00844. The molecule has 4 rings (SSSR count). The Morgan fingerprint density at radius 3 is 2.37 bits per heavy atom. The number of anilines is 1. The third-order valence-electron chi connectivity index (χ3n) is 5.26. The van der Waals surface area contributed by atoms with E-state index >= 15 is 0 Å². The SMILES string of the molecule is CCNc1ncc(CN2CCN(Cc3cnc[nH]3)[C@@H]3CS(=O)(=O)C[C@@H]32)cn1. The third kappa shape index (κ3) is 4.12. The second kappa shape index (κ2) is 7.53. The van der Waals surface area contributed by atoms with Crippen molar-refractivity contribution < 1.29 is 8.42 Å². The number of hydrogen-bond donors (Lipinski definition) is 2. The maximum absolute atomic E-state index is 12.4. The van der Waals surface area contributed by atoms with Gasteiger partial charge in [0.2, 0.25) is 5.95 Å². The van der Waals surface area contributed by atoms with Crippen LogP contribution in [0.3, 0.4) is 0 Å². The zero-order chi connectivity index (χ0) is 18.9. The summed E-state index contributed by atoms with van der Waals surface area (Å²) < 4.78 is 24.7. The molecule has 0 radical (unpaired) electrons. The minimum Gasteiger partial charge on any atom is -0.355 e. The average molecular weight is 392 g/mol. The molecule has 2 saturated heterocycles. The lowest BCUT2D eigenvalue weighted by molar-refractivity contribution is 0.0347. The maximum atomic E-state index is 12.4. The number of piperazine rings is 1. The van der Waals surface area contributed by atoms with Crippen LogP contribution in [-0.2, 0) is 22.9 Å². The molecule has 0 amide bonds. The van der Waals surface area contributed by atoms with Crippen LogP contribution < -0.4 is 5.32 Å². The van der Waals surface area contributed by atoms with Gasteiger partial charge >= 0.3 is 0 Å². The highest BCUT2D eigenvalue weighted by Gasteiger charge is 2.46. The van der Waals surface area contributed by atoms with E-state index in [4.69, 9.17) is 0 Å². The van der Waals surface area contributed by atoms with Crippen LogP contribution in [0.4, 0.5) is 5.95 Å². The Hall–Kier alpha value is -2.04. The second-order valence-corrected chi connectivity index (χ2v) is 9.33. The Morgan fingerprint density at radius 2 is 1.78 bits per heavy atom. The minimum atomic E-state index is -3.03.